The number of hydrogen-bond acceptors (Lipinski definition) is 3. The van der Waals surface area contributed by atoms with E-state index >= 15 is 0 Å². The van der Waals surface area contributed by atoms with E-state index in [1.165, 1.54) is 4.68 Å². The van der Waals surface area contributed by atoms with Crippen molar-refractivity contribution in [1.82, 2.24) is 14.7 Å². The van der Waals surface area contributed by atoms with Crippen molar-refractivity contribution in [1.29, 1.82) is 0 Å². The van der Waals surface area contributed by atoms with Gasteiger partial charge in [-0.1, -0.05) is 0 Å². The first-order valence-corrected chi connectivity index (χ1v) is 7.05. The lowest BCUT2D eigenvalue weighted by atomic mass is 9.71. The van der Waals surface area contributed by atoms with E-state index in [-0.39, 0.29) is 11.0 Å². The summed E-state index contributed by atoms with van der Waals surface area (Å²) >= 11 is 0. The first kappa shape index (κ1) is 13.1. The smallest absolute Gasteiger partial charge is 0.207 e. The van der Waals surface area contributed by atoms with Gasteiger partial charge in [-0.15, -0.1) is 0 Å². The van der Waals surface area contributed by atoms with Gasteiger partial charge in [-0.25, -0.2) is 9.07 Å². The summed E-state index contributed by atoms with van der Waals surface area (Å²) in [4.78, 5) is 2.46. The molecule has 0 aromatic carbocycles. The highest BCUT2D eigenvalue weighted by Crippen LogP contribution is 2.47. The highest BCUT2D eigenvalue weighted by Gasteiger charge is 2.53. The van der Waals surface area contributed by atoms with E-state index in [2.05, 4.69) is 30.8 Å². The summed E-state index contributed by atoms with van der Waals surface area (Å²) in [7, 11) is 0. The van der Waals surface area contributed by atoms with Gasteiger partial charge < -0.3 is 5.73 Å². The summed E-state index contributed by atoms with van der Waals surface area (Å²) in [6.45, 7) is 8.61. The molecule has 106 valence electrons. The molecule has 3 rings (SSSR count). The van der Waals surface area contributed by atoms with Crippen molar-refractivity contribution >= 4 is 0 Å². The second kappa shape index (κ2) is 4.03. The van der Waals surface area contributed by atoms with Crippen molar-refractivity contribution in [3.05, 3.63) is 18.0 Å². The first-order chi connectivity index (χ1) is 8.86. The highest BCUT2D eigenvalue weighted by molar-refractivity contribution is 5.27. The minimum atomic E-state index is -1.17. The Morgan fingerprint density at radius 2 is 2.00 bits per heavy atom. The second-order valence-electron chi connectivity index (χ2n) is 6.87. The predicted molar refractivity (Wildman–Crippen MR) is 72.6 cm³/mol. The van der Waals surface area contributed by atoms with Gasteiger partial charge in [0.1, 0.15) is 0 Å². The summed E-state index contributed by atoms with van der Waals surface area (Å²) in [5.41, 5.74) is 7.11. The summed E-state index contributed by atoms with van der Waals surface area (Å²) in [5, 5.41) is 4.09. The Labute approximate surface area is 113 Å². The monoisotopic (exact) mass is 266 g/mol. The van der Waals surface area contributed by atoms with Crippen LogP contribution in [0.3, 0.4) is 0 Å². The highest BCUT2D eigenvalue weighted by atomic mass is 19.1. The standard InChI is InChI=1S/C14H23FN4/c1-13(2,3)18-8-5-14(6-9-18)10-4-7-17-19(10)12(15)11(14)16/h4,7,11-12H,5-6,8-9,16H2,1-3H3/t11-,12?/m1/s1. The van der Waals surface area contributed by atoms with Crippen LogP contribution in [0.25, 0.3) is 0 Å². The lowest BCUT2D eigenvalue weighted by molar-refractivity contribution is 0.0576. The molecular formula is C14H23FN4. The van der Waals surface area contributed by atoms with E-state index in [0.717, 1.165) is 31.6 Å². The van der Waals surface area contributed by atoms with Crippen LogP contribution in [0.2, 0.25) is 0 Å². The second-order valence-corrected chi connectivity index (χ2v) is 6.87. The number of hydrogen-bond donors (Lipinski definition) is 1. The van der Waals surface area contributed by atoms with Gasteiger partial charge in [-0.2, -0.15) is 5.10 Å². The van der Waals surface area contributed by atoms with Crippen molar-refractivity contribution < 1.29 is 4.39 Å². The molecule has 1 aromatic rings. The van der Waals surface area contributed by atoms with Gasteiger partial charge in [-0.3, -0.25) is 4.90 Å². The summed E-state index contributed by atoms with van der Waals surface area (Å²) in [5.74, 6) is 0. The quantitative estimate of drug-likeness (QED) is 0.779. The van der Waals surface area contributed by atoms with E-state index in [0.29, 0.717) is 0 Å². The zero-order valence-electron chi connectivity index (χ0n) is 11.9. The molecule has 1 unspecified atom stereocenters. The van der Waals surface area contributed by atoms with Gasteiger partial charge in [0, 0.05) is 22.8 Å². The Kier molecular flexibility index (Phi) is 2.77. The third kappa shape index (κ3) is 1.75. The molecule has 2 atom stereocenters. The predicted octanol–water partition coefficient (Wildman–Crippen LogP) is 1.82. The minimum Gasteiger partial charge on any atom is -0.323 e. The van der Waals surface area contributed by atoms with Crippen molar-refractivity contribution in [2.45, 2.75) is 56.9 Å². The minimum absolute atomic E-state index is 0.166. The normalized spacial score (nSPS) is 30.8. The number of nitrogens with zero attached hydrogens (tertiary/aromatic N) is 3. The number of piperidine rings is 1. The molecule has 1 fully saturated rings. The molecule has 2 aliphatic heterocycles. The molecule has 0 aliphatic carbocycles. The lowest BCUT2D eigenvalue weighted by Crippen LogP contribution is -2.55. The van der Waals surface area contributed by atoms with Crippen LogP contribution in [0.5, 0.6) is 0 Å². The van der Waals surface area contributed by atoms with Crippen LogP contribution in [-0.2, 0) is 5.41 Å². The number of nitrogens with two attached hydrogens (primary N) is 1. The number of rotatable bonds is 0. The van der Waals surface area contributed by atoms with Crippen LogP contribution in [0.15, 0.2) is 12.3 Å². The fourth-order valence-electron chi connectivity index (χ4n) is 3.66. The Morgan fingerprint density at radius 3 is 2.58 bits per heavy atom. The Balaban J connectivity index is 1.88. The summed E-state index contributed by atoms with van der Waals surface area (Å²) in [6.07, 6.45) is 2.34. The fourth-order valence-corrected chi connectivity index (χ4v) is 3.66. The molecule has 1 aromatic heterocycles. The third-order valence-electron chi connectivity index (χ3n) is 4.95. The number of alkyl halides is 1. The average Bonchev–Trinajstić information content (AvgIpc) is 2.90. The Morgan fingerprint density at radius 1 is 1.37 bits per heavy atom. The van der Waals surface area contributed by atoms with E-state index in [1.54, 1.807) is 6.20 Å². The van der Waals surface area contributed by atoms with Crippen molar-refractivity contribution in [3.63, 3.8) is 0 Å². The van der Waals surface area contributed by atoms with Gasteiger partial charge >= 0.3 is 0 Å². The van der Waals surface area contributed by atoms with Gasteiger partial charge in [0.15, 0.2) is 0 Å². The average molecular weight is 266 g/mol. The molecule has 5 heteroatoms. The zero-order chi connectivity index (χ0) is 13.8. The van der Waals surface area contributed by atoms with Crippen LogP contribution in [-0.4, -0.2) is 39.4 Å². The fraction of sp³-hybridized carbons (Fsp3) is 0.786. The molecular weight excluding hydrogens is 243 g/mol. The zero-order valence-corrected chi connectivity index (χ0v) is 11.9. The van der Waals surface area contributed by atoms with Crippen LogP contribution < -0.4 is 5.73 Å². The first-order valence-electron chi connectivity index (χ1n) is 7.05. The maximum absolute atomic E-state index is 14.3. The molecule has 4 nitrogen and oxygen atoms in total. The third-order valence-corrected chi connectivity index (χ3v) is 4.95. The van der Waals surface area contributed by atoms with E-state index in [1.807, 2.05) is 6.07 Å². The van der Waals surface area contributed by atoms with Gasteiger partial charge in [-0.05, 0) is 52.8 Å². The molecule has 0 amide bonds. The maximum atomic E-state index is 14.3. The SMILES string of the molecule is CC(C)(C)N1CCC2(CC1)c1ccnn1C(F)[C@H]2N. The Bertz CT molecular complexity index is 468. The molecule has 0 bridgehead atoms. The largest absolute Gasteiger partial charge is 0.323 e. The molecule has 2 aliphatic rings. The van der Waals surface area contributed by atoms with E-state index < -0.39 is 12.3 Å². The molecule has 3 heterocycles. The number of likely N-dealkylation sites (tertiary alicyclic amines) is 1. The summed E-state index contributed by atoms with van der Waals surface area (Å²) in [6, 6.07) is 1.48. The van der Waals surface area contributed by atoms with Gasteiger partial charge in [0.2, 0.25) is 6.30 Å². The lowest BCUT2D eigenvalue weighted by Gasteiger charge is -2.46. The molecule has 1 saturated heterocycles. The van der Waals surface area contributed by atoms with Crippen molar-refractivity contribution in [2.24, 2.45) is 5.73 Å². The van der Waals surface area contributed by atoms with Crippen LogP contribution >= 0.6 is 0 Å². The van der Waals surface area contributed by atoms with Crippen LogP contribution in [0, 0.1) is 0 Å². The number of aromatic nitrogens is 2. The van der Waals surface area contributed by atoms with Crippen LogP contribution in [0.4, 0.5) is 4.39 Å². The molecule has 0 saturated carbocycles. The van der Waals surface area contributed by atoms with E-state index in [4.69, 9.17) is 5.73 Å². The van der Waals surface area contributed by atoms with E-state index in [9.17, 15) is 4.39 Å². The van der Waals surface area contributed by atoms with Gasteiger partial charge in [0.05, 0.1) is 6.04 Å². The molecule has 1 spiro atoms. The number of halogens is 1. The molecule has 0 radical (unpaired) electrons. The molecule has 2 N–H and O–H groups in total. The topological polar surface area (TPSA) is 47.1 Å². The number of fused-ring (bicyclic) bond motifs is 2. The van der Waals surface area contributed by atoms with Crippen LogP contribution in [0.1, 0.15) is 45.6 Å². The summed E-state index contributed by atoms with van der Waals surface area (Å²) < 4.78 is 15.7. The Hall–Kier alpha value is -0.940. The van der Waals surface area contributed by atoms with Crippen molar-refractivity contribution in [2.75, 3.05) is 13.1 Å². The maximum Gasteiger partial charge on any atom is 0.207 e. The van der Waals surface area contributed by atoms with Gasteiger partial charge in [0.25, 0.3) is 0 Å². The molecule has 19 heavy (non-hydrogen) atoms. The van der Waals surface area contributed by atoms with Crippen molar-refractivity contribution in [3.8, 4) is 0 Å².